The van der Waals surface area contributed by atoms with Crippen LogP contribution in [0.1, 0.15) is 29.0 Å². The van der Waals surface area contributed by atoms with Gasteiger partial charge in [0.05, 0.1) is 11.3 Å². The fourth-order valence-electron chi connectivity index (χ4n) is 2.99. The van der Waals surface area contributed by atoms with Gasteiger partial charge in [-0.1, -0.05) is 18.2 Å². The first-order valence-electron chi connectivity index (χ1n) is 8.87. The lowest BCUT2D eigenvalue weighted by Crippen LogP contribution is -2.38. The van der Waals surface area contributed by atoms with Crippen molar-refractivity contribution in [3.05, 3.63) is 60.0 Å². The number of nitrogens with one attached hydrogen (secondary N) is 1. The summed E-state index contributed by atoms with van der Waals surface area (Å²) in [6, 6.07) is 13.4. The van der Waals surface area contributed by atoms with E-state index in [1.54, 1.807) is 10.9 Å². The van der Waals surface area contributed by atoms with Crippen molar-refractivity contribution < 1.29 is 9.21 Å². The summed E-state index contributed by atoms with van der Waals surface area (Å²) in [7, 11) is 0. The minimum Gasteiger partial charge on any atom is -0.460 e. The molecule has 7 heteroatoms. The molecule has 1 atom stereocenters. The smallest absolute Gasteiger partial charge is 0.255 e. The molecule has 4 rings (SSSR count). The second kappa shape index (κ2) is 7.98. The highest BCUT2D eigenvalue weighted by Crippen LogP contribution is 2.31. The molecule has 0 spiro atoms. The molecule has 1 aromatic carbocycles. The maximum absolute atomic E-state index is 12.8. The normalized spacial score (nSPS) is 14.4. The van der Waals surface area contributed by atoms with Gasteiger partial charge >= 0.3 is 0 Å². The van der Waals surface area contributed by atoms with Crippen molar-refractivity contribution in [3.8, 4) is 17.1 Å². The Labute approximate surface area is 164 Å². The molecule has 0 saturated heterocycles. The van der Waals surface area contributed by atoms with Crippen LogP contribution in [0.25, 0.3) is 17.1 Å². The van der Waals surface area contributed by atoms with Crippen molar-refractivity contribution >= 4 is 18.3 Å². The number of aromatic nitrogens is 2. The number of carbonyl (C=O) groups excluding carboxylic acids is 1. The molecular weight excluding hydrogens is 364 g/mol. The van der Waals surface area contributed by atoms with E-state index in [0.717, 1.165) is 24.3 Å². The summed E-state index contributed by atoms with van der Waals surface area (Å²) in [6.45, 7) is 2.34. The summed E-state index contributed by atoms with van der Waals surface area (Å²) in [6.07, 6.45) is 4.04. The summed E-state index contributed by atoms with van der Waals surface area (Å²) in [5.41, 5.74) is 7.99. The molecule has 27 heavy (non-hydrogen) atoms. The molecule has 0 radical (unpaired) electrons. The molecule has 6 nitrogen and oxygen atoms in total. The number of nitrogens with two attached hydrogens (primary N) is 1. The van der Waals surface area contributed by atoms with Crippen molar-refractivity contribution in [1.82, 2.24) is 15.1 Å². The molecule has 3 aromatic rings. The topological polar surface area (TPSA) is 86.1 Å². The van der Waals surface area contributed by atoms with E-state index < -0.39 is 0 Å². The zero-order valence-corrected chi connectivity index (χ0v) is 15.9. The Balaban J connectivity index is 0.00000210. The zero-order valence-electron chi connectivity index (χ0n) is 15.1. The third kappa shape index (κ3) is 4.23. The maximum atomic E-state index is 12.8. The molecular formula is C20H23ClN4O2. The minimum atomic E-state index is -0.188. The van der Waals surface area contributed by atoms with Crippen molar-refractivity contribution in [1.29, 1.82) is 0 Å². The van der Waals surface area contributed by atoms with E-state index in [2.05, 4.69) is 10.4 Å². The number of furan rings is 1. The van der Waals surface area contributed by atoms with Gasteiger partial charge in [0, 0.05) is 18.8 Å². The summed E-state index contributed by atoms with van der Waals surface area (Å²) in [5, 5.41) is 7.53. The number of aryl methyl sites for hydroxylation is 1. The monoisotopic (exact) mass is 386 g/mol. The number of halogens is 1. The molecule has 0 bridgehead atoms. The lowest BCUT2D eigenvalue weighted by Gasteiger charge is -2.11. The average molecular weight is 387 g/mol. The molecule has 1 aliphatic carbocycles. The number of benzene rings is 1. The van der Waals surface area contributed by atoms with E-state index in [-0.39, 0.29) is 24.4 Å². The number of nitrogens with zero attached hydrogens (tertiary/aromatic N) is 2. The first-order valence-corrected chi connectivity index (χ1v) is 8.87. The first kappa shape index (κ1) is 19.2. The minimum absolute atomic E-state index is 0. The maximum Gasteiger partial charge on any atom is 0.255 e. The number of rotatable bonds is 6. The molecule has 1 fully saturated rings. The molecule has 3 N–H and O–H groups in total. The number of para-hydroxylation sites is 1. The van der Waals surface area contributed by atoms with Crippen LogP contribution < -0.4 is 11.1 Å². The van der Waals surface area contributed by atoms with Crippen LogP contribution in [-0.2, 0) is 0 Å². The second-order valence-electron chi connectivity index (χ2n) is 6.79. The van der Waals surface area contributed by atoms with Crippen LogP contribution in [0.4, 0.5) is 0 Å². The van der Waals surface area contributed by atoms with Crippen molar-refractivity contribution in [2.45, 2.75) is 25.8 Å². The molecule has 1 aliphatic rings. The van der Waals surface area contributed by atoms with Crippen LogP contribution in [0.3, 0.4) is 0 Å². The summed E-state index contributed by atoms with van der Waals surface area (Å²) in [5.74, 6) is 1.70. The summed E-state index contributed by atoms with van der Waals surface area (Å²) < 4.78 is 7.40. The Morgan fingerprint density at radius 2 is 2.04 bits per heavy atom. The molecule has 1 unspecified atom stereocenters. The van der Waals surface area contributed by atoms with E-state index in [1.165, 1.54) is 0 Å². The van der Waals surface area contributed by atoms with Crippen molar-refractivity contribution in [2.24, 2.45) is 11.7 Å². The van der Waals surface area contributed by atoms with Gasteiger partial charge < -0.3 is 15.5 Å². The van der Waals surface area contributed by atoms with Gasteiger partial charge in [0.15, 0.2) is 5.76 Å². The van der Waals surface area contributed by atoms with Crippen molar-refractivity contribution in [3.63, 3.8) is 0 Å². The summed E-state index contributed by atoms with van der Waals surface area (Å²) in [4.78, 5) is 12.8. The molecule has 142 valence electrons. The molecule has 2 heterocycles. The highest BCUT2D eigenvalue weighted by Gasteiger charge is 2.29. The Bertz CT molecular complexity index is 915. The van der Waals surface area contributed by atoms with E-state index in [4.69, 9.17) is 10.2 Å². The quantitative estimate of drug-likeness (QED) is 0.680. The lowest BCUT2D eigenvalue weighted by molar-refractivity contribution is 0.0950. The van der Waals surface area contributed by atoms with E-state index in [0.29, 0.717) is 29.5 Å². The van der Waals surface area contributed by atoms with E-state index in [1.807, 2.05) is 49.4 Å². The Morgan fingerprint density at radius 3 is 2.67 bits per heavy atom. The highest BCUT2D eigenvalue weighted by atomic mass is 35.5. The molecule has 1 amide bonds. The standard InChI is InChI=1S/C20H22N4O2.ClH/c1-13-7-10-18(26-13)19-16(20(25)22-11-17(21)14-8-9-14)12-24(23-19)15-5-3-2-4-6-15;/h2-7,10,12,14,17H,8-9,11,21H2,1H3,(H,22,25);1H. The van der Waals surface area contributed by atoms with Gasteiger partial charge in [-0.05, 0) is 49.9 Å². The third-order valence-electron chi connectivity index (χ3n) is 4.68. The lowest BCUT2D eigenvalue weighted by atomic mass is 10.1. The van der Waals surface area contributed by atoms with Gasteiger partial charge in [-0.3, -0.25) is 4.79 Å². The molecule has 2 aromatic heterocycles. The fourth-order valence-corrected chi connectivity index (χ4v) is 2.99. The Morgan fingerprint density at radius 1 is 1.30 bits per heavy atom. The second-order valence-corrected chi connectivity index (χ2v) is 6.79. The van der Waals surface area contributed by atoms with E-state index >= 15 is 0 Å². The SMILES string of the molecule is Cc1ccc(-c2nn(-c3ccccc3)cc2C(=O)NCC(N)C2CC2)o1.Cl. The van der Waals surface area contributed by atoms with Crippen LogP contribution in [0, 0.1) is 12.8 Å². The van der Waals surface area contributed by atoms with Gasteiger partial charge in [-0.2, -0.15) is 5.10 Å². The van der Waals surface area contributed by atoms with Gasteiger partial charge in [-0.25, -0.2) is 4.68 Å². The van der Waals surface area contributed by atoms with Crippen LogP contribution in [0.5, 0.6) is 0 Å². The molecule has 0 aliphatic heterocycles. The van der Waals surface area contributed by atoms with Crippen LogP contribution >= 0.6 is 12.4 Å². The summed E-state index contributed by atoms with van der Waals surface area (Å²) >= 11 is 0. The van der Waals surface area contributed by atoms with Crippen LogP contribution in [0.2, 0.25) is 0 Å². The van der Waals surface area contributed by atoms with Gasteiger partial charge in [0.25, 0.3) is 5.91 Å². The third-order valence-corrected chi connectivity index (χ3v) is 4.68. The average Bonchev–Trinajstić information content (AvgIpc) is 3.27. The number of hydrogen-bond donors (Lipinski definition) is 2. The molecule has 1 saturated carbocycles. The predicted molar refractivity (Wildman–Crippen MR) is 106 cm³/mol. The first-order chi connectivity index (χ1) is 12.6. The zero-order chi connectivity index (χ0) is 18.1. The van der Waals surface area contributed by atoms with Gasteiger partial charge in [0.2, 0.25) is 0 Å². The number of carbonyl (C=O) groups is 1. The van der Waals surface area contributed by atoms with Crippen LogP contribution in [0.15, 0.2) is 53.1 Å². The number of amides is 1. The van der Waals surface area contributed by atoms with Gasteiger partial charge in [0.1, 0.15) is 11.5 Å². The highest BCUT2D eigenvalue weighted by molar-refractivity contribution is 5.99. The fraction of sp³-hybridized carbons (Fsp3) is 0.300. The van der Waals surface area contributed by atoms with Crippen LogP contribution in [-0.4, -0.2) is 28.3 Å². The Hall–Kier alpha value is -2.57. The van der Waals surface area contributed by atoms with Gasteiger partial charge in [-0.15, -0.1) is 12.4 Å². The Kier molecular flexibility index (Phi) is 5.68. The number of hydrogen-bond acceptors (Lipinski definition) is 4. The predicted octanol–water partition coefficient (Wildman–Crippen LogP) is 3.33. The largest absolute Gasteiger partial charge is 0.460 e. The van der Waals surface area contributed by atoms with Crippen molar-refractivity contribution in [2.75, 3.05) is 6.54 Å². The van der Waals surface area contributed by atoms with E-state index in [9.17, 15) is 4.79 Å².